The molecule has 1 rings (SSSR count). The summed E-state index contributed by atoms with van der Waals surface area (Å²) < 4.78 is 0. The van der Waals surface area contributed by atoms with Gasteiger partial charge >= 0.3 is 0 Å². The minimum atomic E-state index is -0.743. The van der Waals surface area contributed by atoms with Crippen molar-refractivity contribution in [2.75, 3.05) is 13.6 Å². The van der Waals surface area contributed by atoms with Gasteiger partial charge in [-0.2, -0.15) is 0 Å². The van der Waals surface area contributed by atoms with Crippen molar-refractivity contribution >= 4 is 11.8 Å². The summed E-state index contributed by atoms with van der Waals surface area (Å²) in [5.41, 5.74) is 7.80. The van der Waals surface area contributed by atoms with Gasteiger partial charge in [0.05, 0.1) is 6.54 Å². The Morgan fingerprint density at radius 2 is 1.80 bits per heavy atom. The number of nitrogens with zero attached hydrogens (tertiary/aromatic N) is 1. The lowest BCUT2D eigenvalue weighted by Gasteiger charge is -2.21. The number of amides is 2. The number of aryl methyl sites for hydroxylation is 1. The quantitative estimate of drug-likeness (QED) is 0.842. The van der Waals surface area contributed by atoms with Crippen molar-refractivity contribution in [2.45, 2.75) is 32.9 Å². The van der Waals surface area contributed by atoms with Gasteiger partial charge < -0.3 is 16.0 Å². The molecule has 20 heavy (non-hydrogen) atoms. The molecule has 3 N–H and O–H groups in total. The summed E-state index contributed by atoms with van der Waals surface area (Å²) in [5.74, 6) is -0.459. The van der Waals surface area contributed by atoms with E-state index in [9.17, 15) is 9.59 Å². The Bertz CT molecular complexity index is 469. The number of carbonyl (C=O) groups excluding carboxylic acids is 2. The van der Waals surface area contributed by atoms with Gasteiger partial charge in [0.15, 0.2) is 0 Å². The number of likely N-dealkylation sites (N-methyl/N-ethyl adjacent to an activating group) is 1. The van der Waals surface area contributed by atoms with Crippen molar-refractivity contribution in [2.24, 2.45) is 5.73 Å². The van der Waals surface area contributed by atoms with Crippen LogP contribution in [0.1, 0.15) is 31.0 Å². The Hall–Kier alpha value is -1.88. The third-order valence-corrected chi connectivity index (χ3v) is 2.91. The second-order valence-electron chi connectivity index (χ2n) is 5.30. The molecule has 0 fully saturated rings. The SMILES string of the molecule is Cc1ccc(C(N)C(=O)N(C)CC(=O)NC(C)C)cc1. The molecule has 0 aliphatic rings. The molecule has 1 atom stereocenters. The van der Waals surface area contributed by atoms with E-state index < -0.39 is 6.04 Å². The van der Waals surface area contributed by atoms with Crippen LogP contribution in [0.25, 0.3) is 0 Å². The minimum absolute atomic E-state index is 0.0105. The minimum Gasteiger partial charge on any atom is -0.352 e. The van der Waals surface area contributed by atoms with Gasteiger partial charge in [0.25, 0.3) is 0 Å². The maximum absolute atomic E-state index is 12.2. The Morgan fingerprint density at radius 3 is 2.30 bits per heavy atom. The first-order chi connectivity index (χ1) is 9.31. The number of nitrogens with one attached hydrogen (secondary N) is 1. The summed E-state index contributed by atoms with van der Waals surface area (Å²) in [6, 6.07) is 6.80. The summed E-state index contributed by atoms with van der Waals surface area (Å²) in [5, 5.41) is 2.74. The van der Waals surface area contributed by atoms with Crippen molar-refractivity contribution < 1.29 is 9.59 Å². The van der Waals surface area contributed by atoms with E-state index >= 15 is 0 Å². The average Bonchev–Trinajstić information content (AvgIpc) is 2.36. The lowest BCUT2D eigenvalue weighted by molar-refractivity contribution is -0.136. The zero-order valence-electron chi connectivity index (χ0n) is 12.5. The van der Waals surface area contributed by atoms with Gasteiger partial charge in [0, 0.05) is 13.1 Å². The fourth-order valence-corrected chi connectivity index (χ4v) is 1.81. The van der Waals surface area contributed by atoms with Crippen LogP contribution in [0.2, 0.25) is 0 Å². The molecule has 110 valence electrons. The van der Waals surface area contributed by atoms with E-state index in [0.29, 0.717) is 0 Å². The maximum atomic E-state index is 12.2. The van der Waals surface area contributed by atoms with Gasteiger partial charge in [-0.15, -0.1) is 0 Å². The topological polar surface area (TPSA) is 75.4 Å². The van der Waals surface area contributed by atoms with Crippen LogP contribution in [0.4, 0.5) is 0 Å². The van der Waals surface area contributed by atoms with Crippen LogP contribution in [0.15, 0.2) is 24.3 Å². The van der Waals surface area contributed by atoms with Gasteiger partial charge in [-0.25, -0.2) is 0 Å². The number of nitrogens with two attached hydrogens (primary N) is 1. The Balaban J connectivity index is 2.64. The molecule has 1 aromatic carbocycles. The van der Waals surface area contributed by atoms with Gasteiger partial charge in [-0.3, -0.25) is 9.59 Å². The molecule has 2 amide bonds. The predicted octanol–water partition coefficient (Wildman–Crippen LogP) is 0.978. The van der Waals surface area contributed by atoms with Crippen LogP contribution in [-0.4, -0.2) is 36.3 Å². The van der Waals surface area contributed by atoms with Gasteiger partial charge in [0.2, 0.25) is 11.8 Å². The van der Waals surface area contributed by atoms with Crippen molar-refractivity contribution in [3.8, 4) is 0 Å². The lowest BCUT2D eigenvalue weighted by Crippen LogP contribution is -2.43. The van der Waals surface area contributed by atoms with Gasteiger partial charge in [0.1, 0.15) is 6.04 Å². The number of hydrogen-bond acceptors (Lipinski definition) is 3. The molecule has 0 aliphatic heterocycles. The molecule has 5 heteroatoms. The van der Waals surface area contributed by atoms with Crippen LogP contribution in [0.5, 0.6) is 0 Å². The maximum Gasteiger partial charge on any atom is 0.244 e. The predicted molar refractivity (Wildman–Crippen MR) is 79.0 cm³/mol. The highest BCUT2D eigenvalue weighted by molar-refractivity contribution is 5.88. The van der Waals surface area contributed by atoms with Crippen molar-refractivity contribution in [1.82, 2.24) is 10.2 Å². The molecule has 0 aromatic heterocycles. The van der Waals surface area contributed by atoms with Crippen LogP contribution in [-0.2, 0) is 9.59 Å². The molecule has 0 spiro atoms. The molecular weight excluding hydrogens is 254 g/mol. The van der Waals surface area contributed by atoms with Crippen molar-refractivity contribution in [3.05, 3.63) is 35.4 Å². The number of hydrogen-bond donors (Lipinski definition) is 2. The summed E-state index contributed by atoms with van der Waals surface area (Å²) >= 11 is 0. The zero-order chi connectivity index (χ0) is 15.3. The molecule has 0 bridgehead atoms. The normalized spacial score (nSPS) is 12.1. The molecule has 0 saturated carbocycles. The highest BCUT2D eigenvalue weighted by Gasteiger charge is 2.21. The Kier molecular flexibility index (Phi) is 5.70. The zero-order valence-corrected chi connectivity index (χ0v) is 12.5. The summed E-state index contributed by atoms with van der Waals surface area (Å²) in [7, 11) is 1.58. The molecule has 0 saturated heterocycles. The number of benzene rings is 1. The van der Waals surface area contributed by atoms with E-state index in [2.05, 4.69) is 5.32 Å². The molecule has 1 unspecified atom stereocenters. The van der Waals surface area contributed by atoms with E-state index in [1.165, 1.54) is 4.90 Å². The van der Waals surface area contributed by atoms with Crippen molar-refractivity contribution in [1.29, 1.82) is 0 Å². The number of carbonyl (C=O) groups is 2. The Morgan fingerprint density at radius 1 is 1.25 bits per heavy atom. The molecule has 0 radical (unpaired) electrons. The standard InChI is InChI=1S/C15H23N3O2/c1-10(2)17-13(19)9-18(4)15(20)14(16)12-7-5-11(3)6-8-12/h5-8,10,14H,9,16H2,1-4H3,(H,17,19). The van der Waals surface area contributed by atoms with E-state index in [4.69, 9.17) is 5.73 Å². The third kappa shape index (κ3) is 4.66. The van der Waals surface area contributed by atoms with E-state index in [1.807, 2.05) is 45.0 Å². The van der Waals surface area contributed by atoms with E-state index in [1.54, 1.807) is 7.05 Å². The first-order valence-electron chi connectivity index (χ1n) is 6.67. The molecule has 0 heterocycles. The molecule has 0 aliphatic carbocycles. The van der Waals surface area contributed by atoms with Crippen LogP contribution < -0.4 is 11.1 Å². The number of rotatable bonds is 5. The fourth-order valence-electron chi connectivity index (χ4n) is 1.81. The van der Waals surface area contributed by atoms with E-state index in [0.717, 1.165) is 11.1 Å². The smallest absolute Gasteiger partial charge is 0.244 e. The second-order valence-corrected chi connectivity index (χ2v) is 5.30. The highest BCUT2D eigenvalue weighted by Crippen LogP contribution is 2.13. The average molecular weight is 277 g/mol. The summed E-state index contributed by atoms with van der Waals surface area (Å²) in [4.78, 5) is 25.1. The van der Waals surface area contributed by atoms with Crippen molar-refractivity contribution in [3.63, 3.8) is 0 Å². The molecular formula is C15H23N3O2. The second kappa shape index (κ2) is 7.05. The largest absolute Gasteiger partial charge is 0.352 e. The van der Waals surface area contributed by atoms with Gasteiger partial charge in [-0.05, 0) is 26.3 Å². The van der Waals surface area contributed by atoms with Crippen LogP contribution in [0, 0.1) is 6.92 Å². The Labute approximate surface area is 120 Å². The first kappa shape index (κ1) is 16.2. The first-order valence-corrected chi connectivity index (χ1v) is 6.67. The molecule has 1 aromatic rings. The lowest BCUT2D eigenvalue weighted by atomic mass is 10.0. The fraction of sp³-hybridized carbons (Fsp3) is 0.467. The summed E-state index contributed by atoms with van der Waals surface area (Å²) in [6.45, 7) is 5.73. The third-order valence-electron chi connectivity index (χ3n) is 2.91. The summed E-state index contributed by atoms with van der Waals surface area (Å²) in [6.07, 6.45) is 0. The van der Waals surface area contributed by atoms with E-state index in [-0.39, 0.29) is 24.4 Å². The monoisotopic (exact) mass is 277 g/mol. The van der Waals surface area contributed by atoms with Crippen LogP contribution in [0.3, 0.4) is 0 Å². The molecule has 5 nitrogen and oxygen atoms in total. The highest BCUT2D eigenvalue weighted by atomic mass is 16.2. The van der Waals surface area contributed by atoms with Crippen LogP contribution >= 0.6 is 0 Å². The van der Waals surface area contributed by atoms with Gasteiger partial charge in [-0.1, -0.05) is 29.8 Å².